The summed E-state index contributed by atoms with van der Waals surface area (Å²) < 4.78 is 1.71. The maximum absolute atomic E-state index is 12.3. The third-order valence-electron chi connectivity index (χ3n) is 3.74. The Labute approximate surface area is 161 Å². The minimum Gasteiger partial charge on any atom is -0.550 e. The van der Waals surface area contributed by atoms with Crippen LogP contribution in [0, 0.1) is 0 Å². The second-order valence-electron chi connectivity index (χ2n) is 5.20. The molecule has 112 valence electrons. The molecular formula is C17H14NNaO3S. The topological polar surface area (TPSA) is 60.4 Å². The molecule has 23 heavy (non-hydrogen) atoms. The Morgan fingerprint density at radius 1 is 1.17 bits per heavy atom. The molecule has 1 aliphatic rings. The summed E-state index contributed by atoms with van der Waals surface area (Å²) in [6.45, 7) is 2.18. The van der Waals surface area contributed by atoms with Crippen LogP contribution in [0.5, 0.6) is 0 Å². The smallest absolute Gasteiger partial charge is 0.550 e. The molecule has 4 nitrogen and oxygen atoms in total. The summed E-state index contributed by atoms with van der Waals surface area (Å²) in [7, 11) is 0. The number of carboxylic acids is 1. The van der Waals surface area contributed by atoms with Crippen LogP contribution in [-0.4, -0.2) is 16.2 Å². The summed E-state index contributed by atoms with van der Waals surface area (Å²) in [6.07, 6.45) is 0. The Balaban J connectivity index is 0.00000192. The quantitative estimate of drug-likeness (QED) is 0.543. The molecule has 3 rings (SSSR count). The minimum atomic E-state index is -1.09. The van der Waals surface area contributed by atoms with Crippen molar-refractivity contribution in [1.82, 2.24) is 4.31 Å². The van der Waals surface area contributed by atoms with Gasteiger partial charge >= 0.3 is 29.6 Å². The van der Waals surface area contributed by atoms with E-state index in [-0.39, 0.29) is 35.5 Å². The number of carbonyl (C=O) groups is 2. The molecule has 0 aromatic heterocycles. The first kappa shape index (κ1) is 18.1. The molecule has 1 amide bonds. The third kappa shape index (κ3) is 3.80. The Morgan fingerprint density at radius 3 is 2.43 bits per heavy atom. The summed E-state index contributed by atoms with van der Waals surface area (Å²) in [5.41, 5.74) is 2.47. The van der Waals surface area contributed by atoms with Gasteiger partial charge in [-0.05, 0) is 41.3 Å². The Bertz CT molecular complexity index is 733. The van der Waals surface area contributed by atoms with E-state index in [1.54, 1.807) is 23.4 Å². The van der Waals surface area contributed by atoms with Gasteiger partial charge in [-0.1, -0.05) is 37.3 Å². The average Bonchev–Trinajstić information content (AvgIpc) is 2.84. The summed E-state index contributed by atoms with van der Waals surface area (Å²) >= 11 is 1.37. The van der Waals surface area contributed by atoms with Crippen LogP contribution >= 0.6 is 11.9 Å². The van der Waals surface area contributed by atoms with Gasteiger partial charge in [0.05, 0.1) is 6.54 Å². The zero-order valence-corrected chi connectivity index (χ0v) is 15.8. The van der Waals surface area contributed by atoms with E-state index in [2.05, 4.69) is 0 Å². The molecule has 0 saturated heterocycles. The van der Waals surface area contributed by atoms with Gasteiger partial charge in [0.15, 0.2) is 0 Å². The maximum Gasteiger partial charge on any atom is 1.00 e. The molecule has 6 heteroatoms. The number of aliphatic carboxylic acids is 1. The summed E-state index contributed by atoms with van der Waals surface area (Å²) in [5.74, 6) is -1.73. The number of carboxylic acid groups (broad SMARTS) is 1. The first-order chi connectivity index (χ1) is 10.6. The zero-order chi connectivity index (χ0) is 15.7. The molecule has 1 unspecified atom stereocenters. The SMILES string of the molecule is CC(C(=O)[O-])c1ccc(SN2Cc3ccccc3C2=O)cc1.[Na+]. The summed E-state index contributed by atoms with van der Waals surface area (Å²) in [6, 6.07) is 14.8. The standard InChI is InChI=1S/C17H15NO3S.Na/c1-11(17(20)21)12-6-8-14(9-7-12)22-18-10-13-4-2-3-5-15(13)16(18)19;/h2-9,11H,10H2,1H3,(H,20,21);/q;+1/p-1. The predicted octanol–water partition coefficient (Wildman–Crippen LogP) is -0.793. The van der Waals surface area contributed by atoms with Crippen LogP contribution in [-0.2, 0) is 11.3 Å². The zero-order valence-electron chi connectivity index (χ0n) is 13.0. The van der Waals surface area contributed by atoms with Gasteiger partial charge in [-0.25, -0.2) is 0 Å². The van der Waals surface area contributed by atoms with Crippen LogP contribution in [0.4, 0.5) is 0 Å². The van der Waals surface area contributed by atoms with Gasteiger partial charge in [0.25, 0.3) is 5.91 Å². The molecule has 0 aliphatic carbocycles. The van der Waals surface area contributed by atoms with Gasteiger partial charge in [-0.2, -0.15) is 0 Å². The molecule has 1 heterocycles. The van der Waals surface area contributed by atoms with Crippen LogP contribution in [0.3, 0.4) is 0 Å². The van der Waals surface area contributed by atoms with E-state index in [4.69, 9.17) is 0 Å². The van der Waals surface area contributed by atoms with Crippen LogP contribution in [0.25, 0.3) is 0 Å². The van der Waals surface area contributed by atoms with Crippen LogP contribution < -0.4 is 34.7 Å². The van der Waals surface area contributed by atoms with Crippen LogP contribution in [0.15, 0.2) is 53.4 Å². The number of benzene rings is 2. The van der Waals surface area contributed by atoms with Crippen molar-refractivity contribution in [2.24, 2.45) is 0 Å². The Morgan fingerprint density at radius 2 is 1.83 bits per heavy atom. The number of rotatable bonds is 4. The number of fused-ring (bicyclic) bond motifs is 1. The fourth-order valence-corrected chi connectivity index (χ4v) is 3.28. The third-order valence-corrected chi connectivity index (χ3v) is 4.74. The molecule has 0 fully saturated rings. The first-order valence-electron chi connectivity index (χ1n) is 6.95. The molecule has 1 aliphatic heterocycles. The van der Waals surface area contributed by atoms with Gasteiger partial charge in [-0.15, -0.1) is 0 Å². The van der Waals surface area contributed by atoms with E-state index >= 15 is 0 Å². The van der Waals surface area contributed by atoms with Gasteiger partial charge in [0.1, 0.15) is 0 Å². The average molecular weight is 335 g/mol. The van der Waals surface area contributed by atoms with E-state index in [0.29, 0.717) is 12.1 Å². The van der Waals surface area contributed by atoms with Crippen molar-refractivity contribution >= 4 is 23.8 Å². The van der Waals surface area contributed by atoms with Gasteiger partial charge in [0, 0.05) is 22.3 Å². The maximum atomic E-state index is 12.3. The molecule has 2 aromatic carbocycles. The molecule has 1 atom stereocenters. The van der Waals surface area contributed by atoms with Crippen molar-refractivity contribution < 1.29 is 44.3 Å². The molecule has 0 spiro atoms. The van der Waals surface area contributed by atoms with Crippen molar-refractivity contribution in [3.63, 3.8) is 0 Å². The van der Waals surface area contributed by atoms with Crippen molar-refractivity contribution in [1.29, 1.82) is 0 Å². The fraction of sp³-hybridized carbons (Fsp3) is 0.176. The van der Waals surface area contributed by atoms with Crippen molar-refractivity contribution in [2.75, 3.05) is 0 Å². The summed E-state index contributed by atoms with van der Waals surface area (Å²) in [5, 5.41) is 10.9. The molecule has 2 aromatic rings. The van der Waals surface area contributed by atoms with Gasteiger partial charge in [-0.3, -0.25) is 9.10 Å². The number of hydrogen-bond acceptors (Lipinski definition) is 4. The van der Waals surface area contributed by atoms with Crippen LogP contribution in [0.1, 0.15) is 34.3 Å². The number of carbonyl (C=O) groups excluding carboxylic acids is 2. The Hall–Kier alpha value is -1.27. The minimum absolute atomic E-state index is 0. The second-order valence-corrected chi connectivity index (χ2v) is 6.29. The fourth-order valence-electron chi connectivity index (χ4n) is 2.38. The van der Waals surface area contributed by atoms with E-state index < -0.39 is 11.9 Å². The number of hydrogen-bond donors (Lipinski definition) is 0. The monoisotopic (exact) mass is 335 g/mol. The molecule has 0 saturated carbocycles. The largest absolute Gasteiger partial charge is 1.00 e. The molecular weight excluding hydrogens is 321 g/mol. The van der Waals surface area contributed by atoms with Crippen molar-refractivity contribution in [3.05, 3.63) is 65.2 Å². The number of amides is 1. The molecule has 0 radical (unpaired) electrons. The van der Waals surface area contributed by atoms with Crippen molar-refractivity contribution in [2.45, 2.75) is 24.3 Å². The van der Waals surface area contributed by atoms with E-state index in [1.807, 2.05) is 36.4 Å². The van der Waals surface area contributed by atoms with Crippen molar-refractivity contribution in [3.8, 4) is 0 Å². The predicted molar refractivity (Wildman–Crippen MR) is 82.0 cm³/mol. The van der Waals surface area contributed by atoms with Gasteiger partial charge < -0.3 is 9.90 Å². The second kappa shape index (κ2) is 7.53. The van der Waals surface area contributed by atoms with E-state index in [1.165, 1.54) is 11.9 Å². The number of nitrogens with zero attached hydrogens (tertiary/aromatic N) is 1. The van der Waals surface area contributed by atoms with Gasteiger partial charge in [0.2, 0.25) is 0 Å². The summed E-state index contributed by atoms with van der Waals surface area (Å²) in [4.78, 5) is 24.0. The normalized spacial score (nSPS) is 14.1. The first-order valence-corrected chi connectivity index (χ1v) is 7.72. The van der Waals surface area contributed by atoms with Crippen LogP contribution in [0.2, 0.25) is 0 Å². The Kier molecular flexibility index (Phi) is 5.92. The molecule has 0 bridgehead atoms. The van der Waals surface area contributed by atoms with E-state index in [0.717, 1.165) is 16.0 Å². The molecule has 0 N–H and O–H groups in total. The van der Waals surface area contributed by atoms with E-state index in [9.17, 15) is 14.7 Å².